The predicted octanol–water partition coefficient (Wildman–Crippen LogP) is 0.794. The maximum Gasteiger partial charge on any atom is 0.406 e. The Bertz CT molecular complexity index is 316. The van der Waals surface area contributed by atoms with Gasteiger partial charge in [-0.25, -0.2) is 17.5 Å². The van der Waals surface area contributed by atoms with Crippen LogP contribution in [-0.2, 0) is 14.8 Å². The molecule has 0 aromatic heterocycles. The summed E-state index contributed by atoms with van der Waals surface area (Å²) >= 11 is 0. The molecule has 0 unspecified atom stereocenters. The first-order valence-electron chi connectivity index (χ1n) is 5.68. The normalized spacial score (nSPS) is 11.5. The number of nitrogens with zero attached hydrogens (tertiary/aromatic N) is 1. The third-order valence-electron chi connectivity index (χ3n) is 2.30. The summed E-state index contributed by atoms with van der Waals surface area (Å²) in [6.07, 6.45) is 3.50. The lowest BCUT2D eigenvalue weighted by Gasteiger charge is -2.19. The second-order valence-electron chi connectivity index (χ2n) is 3.79. The van der Waals surface area contributed by atoms with Gasteiger partial charge in [0.05, 0.1) is 13.4 Å². The molecule has 7 heteroatoms. The quantitative estimate of drug-likeness (QED) is 0.659. The molecular weight excluding hydrogens is 244 g/mol. The zero-order chi connectivity index (χ0) is 13.3. The molecule has 0 heterocycles. The summed E-state index contributed by atoms with van der Waals surface area (Å²) in [7, 11) is -1.94. The molecule has 0 spiro atoms. The molecular formula is C10H22N2O4S. The van der Waals surface area contributed by atoms with Gasteiger partial charge >= 0.3 is 6.09 Å². The molecule has 102 valence electrons. The van der Waals surface area contributed by atoms with Crippen LogP contribution < -0.4 is 5.32 Å². The zero-order valence-electron chi connectivity index (χ0n) is 10.7. The van der Waals surface area contributed by atoms with Gasteiger partial charge in [0.2, 0.25) is 10.0 Å². The van der Waals surface area contributed by atoms with E-state index < -0.39 is 16.1 Å². The Labute approximate surface area is 103 Å². The standard InChI is InChI=1S/C10H22N2O4S/c1-4-5-6-8-12(17(3,14)15)9-7-11-10(13)16-2/h4-9H2,1-3H3,(H,11,13). The van der Waals surface area contributed by atoms with Crippen molar-refractivity contribution in [2.45, 2.75) is 26.2 Å². The molecule has 0 fully saturated rings. The van der Waals surface area contributed by atoms with Crippen LogP contribution in [0.15, 0.2) is 0 Å². The molecule has 0 bridgehead atoms. The van der Waals surface area contributed by atoms with Gasteiger partial charge in [0.25, 0.3) is 0 Å². The smallest absolute Gasteiger partial charge is 0.406 e. The minimum absolute atomic E-state index is 0.256. The van der Waals surface area contributed by atoms with E-state index in [0.29, 0.717) is 6.54 Å². The maximum atomic E-state index is 11.5. The topological polar surface area (TPSA) is 75.7 Å². The Morgan fingerprint density at radius 3 is 2.41 bits per heavy atom. The molecule has 0 rings (SSSR count). The molecule has 0 aromatic carbocycles. The lowest BCUT2D eigenvalue weighted by atomic mass is 10.2. The number of nitrogens with one attached hydrogen (secondary N) is 1. The SMILES string of the molecule is CCCCCN(CCNC(=O)OC)S(C)(=O)=O. The average molecular weight is 266 g/mol. The van der Waals surface area contributed by atoms with E-state index in [1.54, 1.807) is 0 Å². The number of ether oxygens (including phenoxy) is 1. The van der Waals surface area contributed by atoms with Gasteiger partial charge in [-0.3, -0.25) is 0 Å². The number of carbonyl (C=O) groups is 1. The number of sulfonamides is 1. The van der Waals surface area contributed by atoms with Crippen LogP contribution in [0.5, 0.6) is 0 Å². The van der Waals surface area contributed by atoms with Gasteiger partial charge < -0.3 is 10.1 Å². The van der Waals surface area contributed by atoms with Crippen molar-refractivity contribution in [2.75, 3.05) is 33.0 Å². The summed E-state index contributed by atoms with van der Waals surface area (Å²) in [5, 5.41) is 2.46. The number of hydrogen-bond donors (Lipinski definition) is 1. The van der Waals surface area contributed by atoms with Crippen molar-refractivity contribution in [2.24, 2.45) is 0 Å². The molecule has 1 amide bonds. The number of methoxy groups -OCH3 is 1. The summed E-state index contributed by atoms with van der Waals surface area (Å²) in [4.78, 5) is 10.8. The molecule has 0 aromatic rings. The Morgan fingerprint density at radius 1 is 1.29 bits per heavy atom. The molecule has 1 N–H and O–H groups in total. The van der Waals surface area contributed by atoms with E-state index in [-0.39, 0.29) is 13.1 Å². The van der Waals surface area contributed by atoms with E-state index in [2.05, 4.69) is 17.0 Å². The highest BCUT2D eigenvalue weighted by Crippen LogP contribution is 2.02. The van der Waals surface area contributed by atoms with E-state index in [1.807, 2.05) is 0 Å². The lowest BCUT2D eigenvalue weighted by molar-refractivity contribution is 0.170. The van der Waals surface area contributed by atoms with Gasteiger partial charge in [0.15, 0.2) is 0 Å². The summed E-state index contributed by atoms with van der Waals surface area (Å²) < 4.78 is 28.7. The first-order chi connectivity index (χ1) is 7.91. The van der Waals surface area contributed by atoms with Crippen LogP contribution in [-0.4, -0.2) is 51.8 Å². The molecule has 6 nitrogen and oxygen atoms in total. The number of alkyl carbamates (subject to hydrolysis) is 1. The fraction of sp³-hybridized carbons (Fsp3) is 0.900. The highest BCUT2D eigenvalue weighted by molar-refractivity contribution is 7.88. The molecule has 0 atom stereocenters. The first kappa shape index (κ1) is 16.2. The molecule has 17 heavy (non-hydrogen) atoms. The van der Waals surface area contributed by atoms with Gasteiger partial charge in [0.1, 0.15) is 0 Å². The number of hydrogen-bond acceptors (Lipinski definition) is 4. The van der Waals surface area contributed by atoms with Gasteiger partial charge in [-0.05, 0) is 6.42 Å². The number of unbranched alkanes of at least 4 members (excludes halogenated alkanes) is 2. The summed E-state index contributed by atoms with van der Waals surface area (Å²) in [6, 6.07) is 0. The van der Waals surface area contributed by atoms with Gasteiger partial charge in [-0.1, -0.05) is 19.8 Å². The van der Waals surface area contributed by atoms with Gasteiger partial charge in [-0.15, -0.1) is 0 Å². The number of amides is 1. The van der Waals surface area contributed by atoms with E-state index in [1.165, 1.54) is 17.7 Å². The van der Waals surface area contributed by atoms with Crippen LogP contribution in [0, 0.1) is 0 Å². The second kappa shape index (κ2) is 8.30. The highest BCUT2D eigenvalue weighted by atomic mass is 32.2. The molecule has 0 aliphatic carbocycles. The maximum absolute atomic E-state index is 11.5. The second-order valence-corrected chi connectivity index (χ2v) is 5.77. The minimum Gasteiger partial charge on any atom is -0.453 e. The van der Waals surface area contributed by atoms with Crippen molar-refractivity contribution in [3.8, 4) is 0 Å². The van der Waals surface area contributed by atoms with Gasteiger partial charge in [0, 0.05) is 19.6 Å². The van der Waals surface area contributed by atoms with Crippen molar-refractivity contribution in [3.05, 3.63) is 0 Å². The van der Waals surface area contributed by atoms with Crippen molar-refractivity contribution in [1.29, 1.82) is 0 Å². The molecule has 0 aliphatic heterocycles. The molecule has 0 radical (unpaired) electrons. The zero-order valence-corrected chi connectivity index (χ0v) is 11.5. The first-order valence-corrected chi connectivity index (χ1v) is 7.53. The lowest BCUT2D eigenvalue weighted by Crippen LogP contribution is -2.38. The van der Waals surface area contributed by atoms with Crippen molar-refractivity contribution >= 4 is 16.1 Å². The van der Waals surface area contributed by atoms with Crippen molar-refractivity contribution in [1.82, 2.24) is 9.62 Å². The van der Waals surface area contributed by atoms with Crippen molar-refractivity contribution < 1.29 is 17.9 Å². The van der Waals surface area contributed by atoms with E-state index in [9.17, 15) is 13.2 Å². The monoisotopic (exact) mass is 266 g/mol. The Morgan fingerprint density at radius 2 is 1.94 bits per heavy atom. The predicted molar refractivity (Wildman–Crippen MR) is 66.3 cm³/mol. The third-order valence-corrected chi connectivity index (χ3v) is 3.60. The van der Waals surface area contributed by atoms with Gasteiger partial charge in [-0.2, -0.15) is 0 Å². The Kier molecular flexibility index (Phi) is 7.90. The van der Waals surface area contributed by atoms with Crippen LogP contribution >= 0.6 is 0 Å². The summed E-state index contributed by atoms with van der Waals surface area (Å²) in [5.74, 6) is 0. The molecule has 0 saturated carbocycles. The van der Waals surface area contributed by atoms with Crippen LogP contribution in [0.4, 0.5) is 4.79 Å². The van der Waals surface area contributed by atoms with E-state index >= 15 is 0 Å². The van der Waals surface area contributed by atoms with Crippen molar-refractivity contribution in [3.63, 3.8) is 0 Å². The fourth-order valence-electron chi connectivity index (χ4n) is 1.34. The van der Waals surface area contributed by atoms with Crippen LogP contribution in [0.25, 0.3) is 0 Å². The number of carbonyl (C=O) groups excluding carboxylic acids is 1. The third kappa shape index (κ3) is 7.98. The highest BCUT2D eigenvalue weighted by Gasteiger charge is 2.15. The van der Waals surface area contributed by atoms with E-state index in [4.69, 9.17) is 0 Å². The molecule has 0 saturated heterocycles. The fourth-order valence-corrected chi connectivity index (χ4v) is 2.22. The van der Waals surface area contributed by atoms with Crippen LogP contribution in [0.3, 0.4) is 0 Å². The largest absolute Gasteiger partial charge is 0.453 e. The van der Waals surface area contributed by atoms with E-state index in [0.717, 1.165) is 19.3 Å². The summed E-state index contributed by atoms with van der Waals surface area (Å²) in [5.41, 5.74) is 0. The Hall–Kier alpha value is -0.820. The minimum atomic E-state index is -3.21. The number of rotatable bonds is 8. The summed E-state index contributed by atoms with van der Waals surface area (Å²) in [6.45, 7) is 3.09. The van der Waals surface area contributed by atoms with Crippen LogP contribution in [0.2, 0.25) is 0 Å². The average Bonchev–Trinajstić information content (AvgIpc) is 2.25. The Balaban J connectivity index is 4.08. The van der Waals surface area contributed by atoms with Crippen LogP contribution in [0.1, 0.15) is 26.2 Å². The molecule has 0 aliphatic rings.